The van der Waals surface area contributed by atoms with E-state index < -0.39 is 16.0 Å². The fraction of sp³-hybridized carbons (Fsp3) is 0.533. The first kappa shape index (κ1) is 16.9. The fourth-order valence-corrected chi connectivity index (χ4v) is 4.20. The molecule has 0 bridgehead atoms. The van der Waals surface area contributed by atoms with Gasteiger partial charge in [-0.1, -0.05) is 17.7 Å². The summed E-state index contributed by atoms with van der Waals surface area (Å²) >= 11 is 0. The number of sulfonamides is 1. The number of quaternary nitrogens is 1. The van der Waals surface area contributed by atoms with Crippen LogP contribution in [0.5, 0.6) is 0 Å². The Hall–Kier alpha value is -1.44. The highest BCUT2D eigenvalue weighted by atomic mass is 32.2. The molecule has 0 aromatic heterocycles. The van der Waals surface area contributed by atoms with Crippen LogP contribution < -0.4 is 10.0 Å². The molecule has 1 aromatic carbocycles. The normalized spacial score (nSPS) is 19.0. The van der Waals surface area contributed by atoms with Crippen molar-refractivity contribution in [2.45, 2.75) is 31.2 Å². The fourth-order valence-electron chi connectivity index (χ4n) is 2.76. The Bertz CT molecular complexity index is 619. The molecule has 0 unspecified atom stereocenters. The number of carboxylic acid groups (broad SMARTS) is 1. The van der Waals surface area contributed by atoms with Crippen molar-refractivity contribution in [3.63, 3.8) is 0 Å². The molecule has 1 atom stereocenters. The summed E-state index contributed by atoms with van der Waals surface area (Å²) in [6.45, 7) is 5.80. The minimum absolute atomic E-state index is 0.0000451. The summed E-state index contributed by atoms with van der Waals surface area (Å²) in [6, 6.07) is 6.77. The lowest BCUT2D eigenvalue weighted by molar-refractivity contribution is -0.926. The van der Waals surface area contributed by atoms with Gasteiger partial charge in [-0.25, -0.2) is 8.42 Å². The molecule has 1 aromatic rings. The van der Waals surface area contributed by atoms with Crippen LogP contribution >= 0.6 is 0 Å². The maximum atomic E-state index is 12.6. The maximum absolute atomic E-state index is 12.6. The predicted molar refractivity (Wildman–Crippen MR) is 79.7 cm³/mol. The Labute approximate surface area is 131 Å². The van der Waals surface area contributed by atoms with Crippen LogP contribution in [0.1, 0.15) is 18.9 Å². The van der Waals surface area contributed by atoms with Crippen molar-refractivity contribution in [1.29, 1.82) is 0 Å². The van der Waals surface area contributed by atoms with Gasteiger partial charge in [0.05, 0.1) is 37.1 Å². The summed E-state index contributed by atoms with van der Waals surface area (Å²) in [5.74, 6) is -1.06. The molecule has 1 aliphatic heterocycles. The molecule has 1 saturated heterocycles. The van der Waals surface area contributed by atoms with Gasteiger partial charge in [-0.3, -0.25) is 0 Å². The van der Waals surface area contributed by atoms with E-state index in [1.165, 1.54) is 4.31 Å². The zero-order valence-electron chi connectivity index (χ0n) is 12.9. The third kappa shape index (κ3) is 3.85. The number of aliphatic carboxylic acids is 1. The molecule has 2 rings (SSSR count). The molecule has 0 spiro atoms. The first-order valence-electron chi connectivity index (χ1n) is 7.42. The molecule has 1 N–H and O–H groups in total. The second kappa shape index (κ2) is 6.76. The lowest BCUT2D eigenvalue weighted by Crippen LogP contribution is -3.18. The molecule has 6 nitrogen and oxygen atoms in total. The topological polar surface area (TPSA) is 82.0 Å². The van der Waals surface area contributed by atoms with E-state index in [9.17, 15) is 18.3 Å². The highest BCUT2D eigenvalue weighted by Crippen LogP contribution is 2.16. The van der Waals surface area contributed by atoms with E-state index in [-0.39, 0.29) is 12.5 Å². The van der Waals surface area contributed by atoms with Gasteiger partial charge in [0.25, 0.3) is 0 Å². The second-order valence-electron chi connectivity index (χ2n) is 5.85. The number of carboxylic acids is 1. The van der Waals surface area contributed by atoms with E-state index in [0.717, 1.165) is 10.5 Å². The average Bonchev–Trinajstić information content (AvgIpc) is 2.47. The molecule has 22 heavy (non-hydrogen) atoms. The average molecular weight is 326 g/mol. The van der Waals surface area contributed by atoms with Crippen LogP contribution in [0, 0.1) is 6.92 Å². The van der Waals surface area contributed by atoms with Gasteiger partial charge < -0.3 is 14.8 Å². The third-order valence-corrected chi connectivity index (χ3v) is 6.11. The van der Waals surface area contributed by atoms with Gasteiger partial charge in [0.15, 0.2) is 0 Å². The molecule has 1 aliphatic rings. The van der Waals surface area contributed by atoms with Crippen LogP contribution in [0.25, 0.3) is 0 Å². The van der Waals surface area contributed by atoms with Gasteiger partial charge in [-0.15, -0.1) is 0 Å². The second-order valence-corrected chi connectivity index (χ2v) is 7.79. The zero-order valence-corrected chi connectivity index (χ0v) is 13.7. The van der Waals surface area contributed by atoms with E-state index >= 15 is 0 Å². The van der Waals surface area contributed by atoms with E-state index in [2.05, 4.69) is 0 Å². The molecule has 1 heterocycles. The van der Waals surface area contributed by atoms with Crippen molar-refractivity contribution in [2.75, 3.05) is 26.2 Å². The van der Waals surface area contributed by atoms with E-state index in [4.69, 9.17) is 0 Å². The molecule has 0 saturated carbocycles. The first-order valence-corrected chi connectivity index (χ1v) is 8.86. The Morgan fingerprint density at radius 3 is 2.32 bits per heavy atom. The summed E-state index contributed by atoms with van der Waals surface area (Å²) in [6.07, 6.45) is 0.0000451. The Kier molecular flexibility index (Phi) is 5.20. The predicted octanol–water partition coefficient (Wildman–Crippen LogP) is -1.59. The summed E-state index contributed by atoms with van der Waals surface area (Å²) < 4.78 is 26.6. The lowest BCUT2D eigenvalue weighted by Gasteiger charge is -2.34. The minimum atomic E-state index is -3.46. The first-order chi connectivity index (χ1) is 10.3. The monoisotopic (exact) mass is 326 g/mol. The maximum Gasteiger partial charge on any atom is 0.243 e. The molecular formula is C15H22N2O4S. The van der Waals surface area contributed by atoms with Crippen LogP contribution in [-0.2, 0) is 14.8 Å². The van der Waals surface area contributed by atoms with E-state index in [1.54, 1.807) is 24.3 Å². The van der Waals surface area contributed by atoms with Gasteiger partial charge in [-0.2, -0.15) is 4.31 Å². The molecule has 0 radical (unpaired) electrons. The lowest BCUT2D eigenvalue weighted by atomic mass is 10.2. The van der Waals surface area contributed by atoms with E-state index in [1.807, 2.05) is 13.8 Å². The Morgan fingerprint density at radius 1 is 1.27 bits per heavy atom. The van der Waals surface area contributed by atoms with Crippen molar-refractivity contribution in [2.24, 2.45) is 0 Å². The molecule has 0 aliphatic carbocycles. The standard InChI is InChI=1S/C15H22N2O4S/c1-12-3-5-14(6-4-12)22(20,21)17-9-7-16(8-10-17)13(2)11-15(18)19/h3-6,13H,7-11H2,1-2H3,(H,18,19)/t13-/m0/s1. The Morgan fingerprint density at radius 2 is 1.82 bits per heavy atom. The molecule has 7 heteroatoms. The van der Waals surface area contributed by atoms with Gasteiger partial charge in [-0.05, 0) is 26.0 Å². The van der Waals surface area contributed by atoms with Crippen molar-refractivity contribution in [3.8, 4) is 0 Å². The van der Waals surface area contributed by atoms with Crippen LogP contribution in [0.15, 0.2) is 29.2 Å². The van der Waals surface area contributed by atoms with Crippen molar-refractivity contribution in [1.82, 2.24) is 4.31 Å². The van der Waals surface area contributed by atoms with Crippen LogP contribution in [0.2, 0.25) is 0 Å². The van der Waals surface area contributed by atoms with E-state index in [0.29, 0.717) is 31.1 Å². The van der Waals surface area contributed by atoms with Crippen molar-refractivity contribution < 1.29 is 23.2 Å². The number of hydrogen-bond acceptors (Lipinski definition) is 4. The van der Waals surface area contributed by atoms with Crippen LogP contribution in [0.4, 0.5) is 0 Å². The summed E-state index contributed by atoms with van der Waals surface area (Å²) in [7, 11) is -3.46. The van der Waals surface area contributed by atoms with Crippen molar-refractivity contribution >= 4 is 16.0 Å². The Balaban J connectivity index is 2.01. The molecule has 1 fully saturated rings. The van der Waals surface area contributed by atoms with Crippen LogP contribution in [-0.4, -0.2) is 50.9 Å². The largest absolute Gasteiger partial charge is 0.550 e. The number of carbonyl (C=O) groups is 1. The van der Waals surface area contributed by atoms with Gasteiger partial charge >= 0.3 is 0 Å². The van der Waals surface area contributed by atoms with Gasteiger partial charge in [0.1, 0.15) is 0 Å². The molecule has 122 valence electrons. The highest BCUT2D eigenvalue weighted by Gasteiger charge is 2.32. The number of benzene rings is 1. The zero-order chi connectivity index (χ0) is 16.3. The number of nitrogens with zero attached hydrogens (tertiary/aromatic N) is 1. The van der Waals surface area contributed by atoms with Crippen LogP contribution in [0.3, 0.4) is 0 Å². The number of carbonyl (C=O) groups excluding carboxylic acids is 1. The summed E-state index contributed by atoms with van der Waals surface area (Å²) in [4.78, 5) is 12.1. The molecule has 0 amide bonds. The van der Waals surface area contributed by atoms with Gasteiger partial charge in [0.2, 0.25) is 10.0 Å². The smallest absolute Gasteiger partial charge is 0.243 e. The number of nitrogens with one attached hydrogen (secondary N) is 1. The quantitative estimate of drug-likeness (QED) is 0.707. The minimum Gasteiger partial charge on any atom is -0.550 e. The molecular weight excluding hydrogens is 304 g/mol. The number of rotatable bonds is 5. The summed E-state index contributed by atoms with van der Waals surface area (Å²) in [5, 5.41) is 10.7. The number of piperazine rings is 1. The third-order valence-electron chi connectivity index (χ3n) is 4.19. The SMILES string of the molecule is Cc1ccc(S(=O)(=O)N2CC[NH+]([C@@H](C)CC(=O)[O-])CC2)cc1. The van der Waals surface area contributed by atoms with Gasteiger partial charge in [0, 0.05) is 12.4 Å². The highest BCUT2D eigenvalue weighted by molar-refractivity contribution is 7.89. The summed E-state index contributed by atoms with van der Waals surface area (Å²) in [5.41, 5.74) is 1.02. The van der Waals surface area contributed by atoms with Crippen molar-refractivity contribution in [3.05, 3.63) is 29.8 Å². The number of aryl methyl sites for hydroxylation is 1. The number of hydrogen-bond donors (Lipinski definition) is 1.